The van der Waals surface area contributed by atoms with Gasteiger partial charge in [0.05, 0.1) is 24.7 Å². The maximum atomic E-state index is 11.7. The van der Waals surface area contributed by atoms with Crippen LogP contribution < -0.4 is 0 Å². The van der Waals surface area contributed by atoms with Gasteiger partial charge in [0.1, 0.15) is 17.1 Å². The number of ether oxygens (including phenoxy) is 1. The zero-order valence-corrected chi connectivity index (χ0v) is 14.5. The van der Waals surface area contributed by atoms with Crippen molar-refractivity contribution in [2.24, 2.45) is 7.05 Å². The van der Waals surface area contributed by atoms with E-state index < -0.39 is 5.97 Å². The monoisotopic (exact) mass is 356 g/mol. The van der Waals surface area contributed by atoms with Crippen molar-refractivity contribution >= 4 is 23.4 Å². The summed E-state index contributed by atoms with van der Waals surface area (Å²) in [5, 5.41) is 14.9. The molecule has 1 aliphatic rings. The minimum Gasteiger partial charge on any atom is -0.506 e. The average molecular weight is 356 g/mol. The second-order valence-corrected chi connectivity index (χ2v) is 6.88. The molecule has 128 valence electrons. The lowest BCUT2D eigenvalue weighted by Crippen LogP contribution is -2.06. The lowest BCUT2D eigenvalue weighted by molar-refractivity contribution is 0.0603. The van der Waals surface area contributed by atoms with Gasteiger partial charge in [0, 0.05) is 31.6 Å². The Hall–Kier alpha value is -2.87. The van der Waals surface area contributed by atoms with Crippen molar-refractivity contribution in [2.75, 3.05) is 7.11 Å². The van der Waals surface area contributed by atoms with E-state index in [4.69, 9.17) is 4.74 Å². The maximum Gasteiger partial charge on any atom is 0.351 e. The molecule has 0 aromatic carbocycles. The molecule has 0 aliphatic heterocycles. The number of aryl methyl sites for hydroxylation is 1. The number of carbonyl (C=O) groups is 1. The Morgan fingerprint density at radius 3 is 3.04 bits per heavy atom. The summed E-state index contributed by atoms with van der Waals surface area (Å²) in [4.78, 5) is 16.4. The Morgan fingerprint density at radius 1 is 1.48 bits per heavy atom. The summed E-state index contributed by atoms with van der Waals surface area (Å²) in [6.07, 6.45) is 10.5. The third-order valence-corrected chi connectivity index (χ3v) is 5.35. The molecule has 3 aromatic rings. The first-order valence-corrected chi connectivity index (χ1v) is 8.53. The number of esters is 1. The van der Waals surface area contributed by atoms with Crippen molar-refractivity contribution in [2.45, 2.75) is 12.3 Å². The van der Waals surface area contributed by atoms with Crippen LogP contribution in [-0.4, -0.2) is 37.5 Å². The van der Waals surface area contributed by atoms with E-state index in [1.165, 1.54) is 18.4 Å². The van der Waals surface area contributed by atoms with Gasteiger partial charge in [-0.2, -0.15) is 5.10 Å². The second kappa shape index (κ2) is 5.89. The van der Waals surface area contributed by atoms with Gasteiger partial charge in [0.25, 0.3) is 0 Å². The number of hydrogen-bond donors (Lipinski definition) is 1. The topological polar surface area (TPSA) is 82.2 Å². The number of nitrogens with zero attached hydrogens (tertiary/aromatic N) is 4. The number of carbonyl (C=O) groups excluding carboxylic acids is 1. The number of methoxy groups -OCH3 is 1. The summed E-state index contributed by atoms with van der Waals surface area (Å²) in [5.74, 6) is -0.385. The fourth-order valence-corrected chi connectivity index (χ4v) is 3.93. The van der Waals surface area contributed by atoms with E-state index in [2.05, 4.69) is 16.2 Å². The van der Waals surface area contributed by atoms with Crippen molar-refractivity contribution in [3.63, 3.8) is 0 Å². The van der Waals surface area contributed by atoms with Crippen molar-refractivity contribution < 1.29 is 14.6 Å². The Kier molecular flexibility index (Phi) is 3.69. The summed E-state index contributed by atoms with van der Waals surface area (Å²) in [6.45, 7) is 0. The summed E-state index contributed by atoms with van der Waals surface area (Å²) in [5.41, 5.74) is 3.09. The lowest BCUT2D eigenvalue weighted by atomic mass is 9.91. The molecule has 8 heteroatoms. The number of thiophene rings is 1. The number of fused-ring (bicyclic) bond motifs is 1. The van der Waals surface area contributed by atoms with Crippen LogP contribution in [0, 0.1) is 0 Å². The minimum atomic E-state index is -0.546. The molecule has 1 atom stereocenters. The average Bonchev–Trinajstić information content (AvgIpc) is 3.31. The van der Waals surface area contributed by atoms with Crippen LogP contribution in [0.5, 0.6) is 5.75 Å². The van der Waals surface area contributed by atoms with Crippen LogP contribution in [0.3, 0.4) is 0 Å². The van der Waals surface area contributed by atoms with Gasteiger partial charge in [-0.15, -0.1) is 11.3 Å². The third kappa shape index (κ3) is 2.64. The van der Waals surface area contributed by atoms with E-state index in [1.54, 1.807) is 17.1 Å². The molecule has 0 radical (unpaired) electrons. The third-order valence-electron chi connectivity index (χ3n) is 4.24. The predicted molar refractivity (Wildman–Crippen MR) is 93.1 cm³/mol. The molecule has 25 heavy (non-hydrogen) atoms. The van der Waals surface area contributed by atoms with E-state index in [9.17, 15) is 9.90 Å². The molecule has 4 rings (SSSR count). The number of rotatable bonds is 3. The van der Waals surface area contributed by atoms with E-state index in [0.29, 0.717) is 0 Å². The fourth-order valence-electron chi connectivity index (χ4n) is 2.97. The number of aromatic hydroxyl groups is 1. The molecule has 1 unspecified atom stereocenters. The molecule has 7 nitrogen and oxygen atoms in total. The van der Waals surface area contributed by atoms with Crippen molar-refractivity contribution in [3.05, 3.63) is 52.7 Å². The van der Waals surface area contributed by atoms with Crippen LogP contribution in [-0.2, 0) is 18.2 Å². The molecule has 1 N–H and O–H groups in total. The molecular weight excluding hydrogens is 340 g/mol. The lowest BCUT2D eigenvalue weighted by Gasteiger charge is -2.15. The normalized spacial score (nSPS) is 16.0. The largest absolute Gasteiger partial charge is 0.506 e. The number of imidazole rings is 1. The smallest absolute Gasteiger partial charge is 0.351 e. The van der Waals surface area contributed by atoms with E-state index >= 15 is 0 Å². The van der Waals surface area contributed by atoms with Crippen LogP contribution in [0.1, 0.15) is 32.5 Å². The van der Waals surface area contributed by atoms with Gasteiger partial charge in [-0.05, 0) is 11.6 Å². The highest BCUT2D eigenvalue weighted by molar-refractivity contribution is 7.16. The maximum absolute atomic E-state index is 11.7. The second-order valence-electron chi connectivity index (χ2n) is 5.85. The van der Waals surface area contributed by atoms with Gasteiger partial charge in [0.2, 0.25) is 0 Å². The van der Waals surface area contributed by atoms with Crippen LogP contribution in [0.25, 0.3) is 11.1 Å². The molecule has 0 bridgehead atoms. The molecular formula is C17H16N4O3S. The minimum absolute atomic E-state index is 0.0812. The standard InChI is InChI=1S/C17H16N4O3S/c1-20-8-11(7-19-20)10-3-4-13-12(5-10)18-9-21(13)15-6-14(22)16(25-15)17(23)24-2/h3-4,6-10,22H,5H2,1-2H3. The number of hydrogen-bond acceptors (Lipinski definition) is 6. The summed E-state index contributed by atoms with van der Waals surface area (Å²) in [7, 11) is 3.19. The van der Waals surface area contributed by atoms with Crippen LogP contribution in [0.4, 0.5) is 0 Å². The SMILES string of the molecule is COC(=O)c1sc(-n2cnc3c2C=CC(c2cnn(C)c2)C3)cc1O. The van der Waals surface area contributed by atoms with Crippen molar-refractivity contribution in [1.29, 1.82) is 0 Å². The van der Waals surface area contributed by atoms with Crippen LogP contribution in [0.15, 0.2) is 30.9 Å². The van der Waals surface area contributed by atoms with Gasteiger partial charge in [0.15, 0.2) is 4.88 Å². The quantitative estimate of drug-likeness (QED) is 0.729. The predicted octanol–water partition coefficient (Wildman–Crippen LogP) is 2.51. The first-order valence-electron chi connectivity index (χ1n) is 7.71. The van der Waals surface area contributed by atoms with Crippen LogP contribution in [0.2, 0.25) is 0 Å². The Bertz CT molecular complexity index is 982. The Balaban J connectivity index is 1.67. The molecule has 0 saturated carbocycles. The van der Waals surface area contributed by atoms with E-state index in [0.717, 1.165) is 28.4 Å². The molecule has 0 fully saturated rings. The Labute approximate surface area is 147 Å². The molecule has 0 amide bonds. The summed E-state index contributed by atoms with van der Waals surface area (Å²) in [6, 6.07) is 1.56. The molecule has 3 aromatic heterocycles. The Morgan fingerprint density at radius 2 is 2.32 bits per heavy atom. The van der Waals surface area contributed by atoms with Gasteiger partial charge in [-0.25, -0.2) is 9.78 Å². The molecule has 3 heterocycles. The highest BCUT2D eigenvalue weighted by atomic mass is 32.1. The van der Waals surface area contributed by atoms with Gasteiger partial charge in [-0.3, -0.25) is 9.25 Å². The zero-order chi connectivity index (χ0) is 17.6. The van der Waals surface area contributed by atoms with Crippen molar-refractivity contribution in [3.8, 4) is 10.8 Å². The van der Waals surface area contributed by atoms with Crippen molar-refractivity contribution in [1.82, 2.24) is 19.3 Å². The van der Waals surface area contributed by atoms with Gasteiger partial charge in [-0.1, -0.05) is 6.08 Å². The molecule has 0 spiro atoms. The zero-order valence-electron chi connectivity index (χ0n) is 13.7. The molecule has 1 aliphatic carbocycles. The van der Waals surface area contributed by atoms with E-state index in [-0.39, 0.29) is 16.5 Å². The summed E-state index contributed by atoms with van der Waals surface area (Å²) >= 11 is 1.17. The highest BCUT2D eigenvalue weighted by Crippen LogP contribution is 2.35. The van der Waals surface area contributed by atoms with Gasteiger partial charge >= 0.3 is 5.97 Å². The first-order chi connectivity index (χ1) is 12.1. The number of aromatic nitrogens is 4. The number of allylic oxidation sites excluding steroid dienone is 1. The summed E-state index contributed by atoms with van der Waals surface area (Å²) < 4.78 is 8.36. The van der Waals surface area contributed by atoms with Crippen LogP contribution >= 0.6 is 11.3 Å². The first kappa shape index (κ1) is 15.6. The van der Waals surface area contributed by atoms with E-state index in [1.807, 2.05) is 30.1 Å². The highest BCUT2D eigenvalue weighted by Gasteiger charge is 2.23. The molecule has 0 saturated heterocycles. The van der Waals surface area contributed by atoms with Gasteiger partial charge < -0.3 is 9.84 Å². The fraction of sp³-hybridized carbons (Fsp3) is 0.235.